The number of rotatable bonds is 2. The van der Waals surface area contributed by atoms with Crippen molar-refractivity contribution in [1.82, 2.24) is 0 Å². The third kappa shape index (κ3) is 1530. The van der Waals surface area contributed by atoms with E-state index in [0.29, 0.717) is 0 Å². The molecule has 0 rings (SSSR count). The summed E-state index contributed by atoms with van der Waals surface area (Å²) >= 11 is 0. The van der Waals surface area contributed by atoms with Crippen molar-refractivity contribution in [3.63, 3.8) is 0 Å². The van der Waals surface area contributed by atoms with E-state index < -0.39 is 10.4 Å². The Kier molecular flexibility index (Phi) is 18.2. The largest absolute Gasteiger partial charge is 0.394 e. The van der Waals surface area contributed by atoms with Gasteiger partial charge < -0.3 is 9.68 Å². The molecule has 11 heteroatoms. The Labute approximate surface area is 72.9 Å². The average molecular weight is 220 g/mol. The van der Waals surface area contributed by atoms with Crippen LogP contribution in [0.4, 0.5) is 0 Å². The van der Waals surface area contributed by atoms with Crippen LogP contribution in [-0.4, -0.2) is 30.5 Å². The van der Waals surface area contributed by atoms with Gasteiger partial charge in [-0.25, -0.2) is 0 Å². The van der Waals surface area contributed by atoms with Gasteiger partial charge in [-0.3, -0.25) is 18.7 Å². The zero-order valence-corrected chi connectivity index (χ0v) is 6.88. The van der Waals surface area contributed by atoms with Crippen molar-refractivity contribution in [2.75, 3.05) is 0 Å². The third-order valence-corrected chi connectivity index (χ3v) is 0.111. The summed E-state index contributed by atoms with van der Waals surface area (Å²) in [5, 5.41) is 0. The highest BCUT2D eigenvalue weighted by Gasteiger charge is 1.84. The van der Waals surface area contributed by atoms with Gasteiger partial charge in [-0.2, -0.15) is 20.2 Å². The van der Waals surface area contributed by atoms with Crippen LogP contribution in [0.5, 0.6) is 0 Å². The lowest BCUT2D eigenvalue weighted by molar-refractivity contribution is -0.129. The number of nitrogens with two attached hydrogens (primary N) is 2. The molecular weight excluding hydrogens is 212 g/mol. The second kappa shape index (κ2) is 13.3. The number of carbonyl (C=O) groups excluding carboxylic acids is 2. The minimum absolute atomic E-state index is 0.153. The summed E-state index contributed by atoms with van der Waals surface area (Å²) in [7, 11) is -4.67. The Bertz CT molecular complexity index is 182. The Morgan fingerprint density at radius 2 is 1.08 bits per heavy atom. The predicted octanol–water partition coefficient (Wildman–Crippen LogP) is -2.59. The Balaban J connectivity index is -0.000000117. The molecule has 0 bridgehead atoms. The van der Waals surface area contributed by atoms with Crippen LogP contribution in [0, 0.1) is 0 Å². The van der Waals surface area contributed by atoms with Crippen molar-refractivity contribution in [3.8, 4) is 0 Å². The fraction of sp³-hybridized carbons (Fsp3) is 0. The molecule has 0 heterocycles. The van der Waals surface area contributed by atoms with E-state index >= 15 is 0 Å². The first kappa shape index (κ1) is 17.7. The Hall–Kier alpha value is -1.27. The highest BCUT2D eigenvalue weighted by atomic mass is 32.3. The van der Waals surface area contributed by atoms with Crippen molar-refractivity contribution in [3.05, 3.63) is 0 Å². The normalized spacial score (nSPS) is 7.69. The van der Waals surface area contributed by atoms with Crippen molar-refractivity contribution in [2.24, 2.45) is 11.8 Å². The summed E-state index contributed by atoms with van der Waals surface area (Å²) in [5.41, 5.74) is 0. The van der Waals surface area contributed by atoms with Gasteiger partial charge in [-0.05, 0) is 0 Å². The molecule has 0 aromatic carbocycles. The molecule has 0 unspecified atom stereocenters. The van der Waals surface area contributed by atoms with Crippen LogP contribution in [0.2, 0.25) is 0 Å². The first-order chi connectivity index (χ1) is 5.83. The lowest BCUT2D eigenvalue weighted by Gasteiger charge is -1.68. The SMILES string of the molecule is NOC=O.NOC=O.O=S(=O)(O)O. The van der Waals surface area contributed by atoms with E-state index in [9.17, 15) is 0 Å². The van der Waals surface area contributed by atoms with Crippen molar-refractivity contribution < 1.29 is 36.8 Å². The van der Waals surface area contributed by atoms with Crippen LogP contribution in [0.25, 0.3) is 0 Å². The van der Waals surface area contributed by atoms with Crippen molar-refractivity contribution >= 4 is 23.3 Å². The van der Waals surface area contributed by atoms with Gasteiger partial charge in [0.1, 0.15) is 0 Å². The summed E-state index contributed by atoms with van der Waals surface area (Å²) in [5.74, 6) is 8.32. The Morgan fingerprint density at radius 3 is 1.08 bits per heavy atom. The predicted molar refractivity (Wildman–Crippen MR) is 36.9 cm³/mol. The zero-order valence-electron chi connectivity index (χ0n) is 6.06. The molecule has 0 aliphatic carbocycles. The van der Waals surface area contributed by atoms with E-state index in [2.05, 4.69) is 21.5 Å². The van der Waals surface area contributed by atoms with Crippen LogP contribution in [0.3, 0.4) is 0 Å². The van der Waals surface area contributed by atoms with Crippen LogP contribution in [-0.2, 0) is 29.7 Å². The van der Waals surface area contributed by atoms with E-state index in [4.69, 9.17) is 27.1 Å². The molecule has 0 spiro atoms. The summed E-state index contributed by atoms with van der Waals surface area (Å²) in [6, 6.07) is 0. The standard InChI is InChI=1S/2CH3NO2.H2O4S/c2*2-4-1-3;1-5(2,3)4/h2*1H,2H2;(H2,1,2,3,4). The van der Waals surface area contributed by atoms with E-state index in [1.165, 1.54) is 0 Å². The maximum absolute atomic E-state index is 8.83. The van der Waals surface area contributed by atoms with Gasteiger partial charge in [0.15, 0.2) is 0 Å². The molecule has 6 N–H and O–H groups in total. The molecule has 10 nitrogen and oxygen atoms in total. The van der Waals surface area contributed by atoms with Crippen molar-refractivity contribution in [1.29, 1.82) is 0 Å². The molecule has 0 radical (unpaired) electrons. The third-order valence-electron chi connectivity index (χ3n) is 0.111. The van der Waals surface area contributed by atoms with Gasteiger partial charge >= 0.3 is 23.3 Å². The fourth-order valence-corrected chi connectivity index (χ4v) is 0. The van der Waals surface area contributed by atoms with Gasteiger partial charge in [-0.15, -0.1) is 0 Å². The van der Waals surface area contributed by atoms with Crippen LogP contribution < -0.4 is 11.8 Å². The van der Waals surface area contributed by atoms with Crippen LogP contribution in [0.1, 0.15) is 0 Å². The average Bonchev–Trinajstić information content (AvgIpc) is 2.01. The summed E-state index contributed by atoms with van der Waals surface area (Å²) in [6.45, 7) is 0.306. The molecule has 0 atom stereocenters. The van der Waals surface area contributed by atoms with E-state index in [0.717, 1.165) is 0 Å². The molecular formula is C2H8N2O8S. The number of carbonyl (C=O) groups is 2. The van der Waals surface area contributed by atoms with Crippen LogP contribution in [0.15, 0.2) is 0 Å². The van der Waals surface area contributed by atoms with Gasteiger partial charge in [-0.1, -0.05) is 0 Å². The maximum atomic E-state index is 8.83. The molecule has 0 amide bonds. The lowest BCUT2D eigenvalue weighted by Crippen LogP contribution is -1.92. The topological polar surface area (TPSA) is 179 Å². The monoisotopic (exact) mass is 220 g/mol. The first-order valence-corrected chi connectivity index (χ1v) is 3.51. The highest BCUT2D eigenvalue weighted by molar-refractivity contribution is 7.79. The molecule has 0 aromatic rings. The molecule has 0 saturated heterocycles. The summed E-state index contributed by atoms with van der Waals surface area (Å²) in [6.07, 6.45) is 0. The Morgan fingerprint density at radius 1 is 1.00 bits per heavy atom. The lowest BCUT2D eigenvalue weighted by atomic mass is 11.6. The van der Waals surface area contributed by atoms with Gasteiger partial charge in [0.05, 0.1) is 0 Å². The second-order valence-electron chi connectivity index (χ2n) is 0.912. The van der Waals surface area contributed by atoms with E-state index in [-0.39, 0.29) is 12.9 Å². The van der Waals surface area contributed by atoms with E-state index in [1.807, 2.05) is 0 Å². The smallest absolute Gasteiger partial charge is 0.376 e. The number of hydrogen-bond acceptors (Lipinski definition) is 8. The molecule has 0 aromatic heterocycles. The quantitative estimate of drug-likeness (QED) is 0.219. The first-order valence-electron chi connectivity index (χ1n) is 2.11. The minimum Gasteiger partial charge on any atom is -0.376 e. The maximum Gasteiger partial charge on any atom is 0.394 e. The molecule has 13 heavy (non-hydrogen) atoms. The zero-order chi connectivity index (χ0) is 11.3. The highest BCUT2D eigenvalue weighted by Crippen LogP contribution is 1.59. The van der Waals surface area contributed by atoms with Gasteiger partial charge in [0.25, 0.3) is 0 Å². The van der Waals surface area contributed by atoms with Crippen molar-refractivity contribution in [2.45, 2.75) is 0 Å². The molecule has 80 valence electrons. The molecule has 0 saturated carbocycles. The summed E-state index contributed by atoms with van der Waals surface area (Å²) in [4.78, 5) is 24.4. The molecule has 0 fully saturated rings. The number of hydrogen-bond donors (Lipinski definition) is 4. The van der Waals surface area contributed by atoms with Crippen LogP contribution >= 0.6 is 0 Å². The molecule has 0 aliphatic rings. The summed E-state index contributed by atoms with van der Waals surface area (Å²) < 4.78 is 31.6. The van der Waals surface area contributed by atoms with Gasteiger partial charge in [0, 0.05) is 0 Å². The van der Waals surface area contributed by atoms with Gasteiger partial charge in [0.2, 0.25) is 0 Å². The minimum atomic E-state index is -4.67. The second-order valence-corrected chi connectivity index (χ2v) is 1.81. The van der Waals surface area contributed by atoms with E-state index in [1.54, 1.807) is 0 Å². The fourth-order valence-electron chi connectivity index (χ4n) is 0. The molecule has 0 aliphatic heterocycles.